The van der Waals surface area contributed by atoms with Gasteiger partial charge in [0.1, 0.15) is 0 Å². The number of nitrogens with one attached hydrogen (secondary N) is 1. The van der Waals surface area contributed by atoms with E-state index >= 15 is 0 Å². The monoisotopic (exact) mass is 248 g/mol. The smallest absolute Gasteiger partial charge is 0.0589 e. The molecule has 1 aromatic rings. The summed E-state index contributed by atoms with van der Waals surface area (Å²) in [6, 6.07) is 9.70. The maximum atomic E-state index is 5.08. The minimum absolute atomic E-state index is 0.782. The molecule has 0 radical (unpaired) electrons. The highest BCUT2D eigenvalue weighted by Crippen LogP contribution is 2.19. The summed E-state index contributed by atoms with van der Waals surface area (Å²) >= 11 is 0. The molecule has 0 atom stereocenters. The molecular formula is C15H24N2O. The van der Waals surface area contributed by atoms with E-state index in [2.05, 4.69) is 41.5 Å². The van der Waals surface area contributed by atoms with Crippen molar-refractivity contribution in [3.05, 3.63) is 35.4 Å². The van der Waals surface area contributed by atoms with Gasteiger partial charge in [-0.15, -0.1) is 0 Å². The minimum Gasteiger partial charge on any atom is -0.383 e. The second-order valence-electron chi connectivity index (χ2n) is 5.20. The average molecular weight is 248 g/mol. The number of ether oxygens (including phenoxy) is 1. The molecule has 1 aliphatic rings. The zero-order chi connectivity index (χ0) is 12.8. The van der Waals surface area contributed by atoms with Crippen LogP contribution in [0.5, 0.6) is 0 Å². The van der Waals surface area contributed by atoms with Crippen LogP contribution in [0.3, 0.4) is 0 Å². The molecule has 1 N–H and O–H groups in total. The molecule has 1 aliphatic carbocycles. The van der Waals surface area contributed by atoms with Crippen molar-refractivity contribution < 1.29 is 4.74 Å². The molecule has 0 aliphatic heterocycles. The summed E-state index contributed by atoms with van der Waals surface area (Å²) in [7, 11) is 3.87. The highest BCUT2D eigenvalue weighted by Gasteiger charge is 2.19. The summed E-state index contributed by atoms with van der Waals surface area (Å²) in [4.78, 5) is 2.28. The van der Waals surface area contributed by atoms with Gasteiger partial charge in [-0.05, 0) is 31.0 Å². The fourth-order valence-corrected chi connectivity index (χ4v) is 1.95. The third-order valence-corrected chi connectivity index (χ3v) is 3.32. The first kappa shape index (κ1) is 13.5. The molecule has 3 heteroatoms. The third-order valence-electron chi connectivity index (χ3n) is 3.32. The maximum Gasteiger partial charge on any atom is 0.0589 e. The van der Waals surface area contributed by atoms with Crippen LogP contribution in [-0.2, 0) is 17.8 Å². The quantitative estimate of drug-likeness (QED) is 0.761. The molecule has 1 saturated carbocycles. The number of nitrogens with zero attached hydrogens (tertiary/aromatic N) is 1. The van der Waals surface area contributed by atoms with Gasteiger partial charge >= 0.3 is 0 Å². The molecule has 0 spiro atoms. The zero-order valence-electron chi connectivity index (χ0n) is 11.5. The van der Waals surface area contributed by atoms with Crippen molar-refractivity contribution in [2.24, 2.45) is 0 Å². The number of benzene rings is 1. The topological polar surface area (TPSA) is 24.5 Å². The molecular weight excluding hydrogens is 224 g/mol. The Hall–Kier alpha value is -0.900. The van der Waals surface area contributed by atoms with Crippen LogP contribution in [-0.4, -0.2) is 38.3 Å². The minimum atomic E-state index is 0.782. The average Bonchev–Trinajstić information content (AvgIpc) is 3.20. The molecule has 1 aromatic carbocycles. The second kappa shape index (κ2) is 6.88. The number of methoxy groups -OCH3 is 1. The predicted octanol–water partition coefficient (Wildman–Crippen LogP) is 2.02. The Kier molecular flexibility index (Phi) is 5.17. The third kappa shape index (κ3) is 4.77. The highest BCUT2D eigenvalue weighted by molar-refractivity contribution is 5.22. The normalized spacial score (nSPS) is 15.3. The second-order valence-corrected chi connectivity index (χ2v) is 5.20. The summed E-state index contributed by atoms with van der Waals surface area (Å²) in [6.07, 6.45) is 2.70. The standard InChI is InChI=1S/C15H24N2O/c1-17(9-10-18-2)12-14-5-3-13(4-6-14)11-16-15-7-8-15/h3-6,15-16H,7-12H2,1-2H3. The van der Waals surface area contributed by atoms with Crippen molar-refractivity contribution >= 4 is 0 Å². The fourth-order valence-electron chi connectivity index (χ4n) is 1.95. The van der Waals surface area contributed by atoms with Crippen molar-refractivity contribution in [1.82, 2.24) is 10.2 Å². The van der Waals surface area contributed by atoms with E-state index in [9.17, 15) is 0 Å². The van der Waals surface area contributed by atoms with Gasteiger partial charge in [-0.1, -0.05) is 24.3 Å². The molecule has 0 aromatic heterocycles. The first-order valence-corrected chi connectivity index (χ1v) is 6.76. The van der Waals surface area contributed by atoms with E-state index in [4.69, 9.17) is 4.74 Å². The first-order valence-electron chi connectivity index (χ1n) is 6.76. The number of hydrogen-bond donors (Lipinski definition) is 1. The molecule has 1 fully saturated rings. The van der Waals surface area contributed by atoms with E-state index in [1.807, 2.05) is 0 Å². The van der Waals surface area contributed by atoms with Crippen LogP contribution in [0.25, 0.3) is 0 Å². The summed E-state index contributed by atoms with van der Waals surface area (Å²) in [5.74, 6) is 0. The Balaban J connectivity index is 1.75. The fraction of sp³-hybridized carbons (Fsp3) is 0.600. The Morgan fingerprint density at radius 3 is 2.50 bits per heavy atom. The van der Waals surface area contributed by atoms with Crippen LogP contribution >= 0.6 is 0 Å². The maximum absolute atomic E-state index is 5.08. The Bertz CT molecular complexity index is 346. The summed E-state index contributed by atoms with van der Waals surface area (Å²) in [5.41, 5.74) is 2.74. The summed E-state index contributed by atoms with van der Waals surface area (Å²) < 4.78 is 5.08. The van der Waals surface area contributed by atoms with E-state index in [1.54, 1.807) is 7.11 Å². The molecule has 0 unspecified atom stereocenters. The van der Waals surface area contributed by atoms with Gasteiger partial charge in [0.25, 0.3) is 0 Å². The molecule has 0 heterocycles. The lowest BCUT2D eigenvalue weighted by molar-refractivity contribution is 0.158. The van der Waals surface area contributed by atoms with Crippen molar-refractivity contribution in [1.29, 1.82) is 0 Å². The largest absolute Gasteiger partial charge is 0.383 e. The van der Waals surface area contributed by atoms with E-state index in [-0.39, 0.29) is 0 Å². The van der Waals surface area contributed by atoms with Crippen LogP contribution in [0.1, 0.15) is 24.0 Å². The molecule has 0 amide bonds. The lowest BCUT2D eigenvalue weighted by atomic mass is 10.1. The number of hydrogen-bond acceptors (Lipinski definition) is 3. The van der Waals surface area contributed by atoms with Gasteiger partial charge in [0.05, 0.1) is 6.61 Å². The highest BCUT2D eigenvalue weighted by atomic mass is 16.5. The van der Waals surface area contributed by atoms with Crippen LogP contribution in [0.4, 0.5) is 0 Å². The molecule has 0 bridgehead atoms. The van der Waals surface area contributed by atoms with Gasteiger partial charge in [-0.2, -0.15) is 0 Å². The number of likely N-dealkylation sites (N-methyl/N-ethyl adjacent to an activating group) is 1. The van der Waals surface area contributed by atoms with Gasteiger partial charge < -0.3 is 10.1 Å². The van der Waals surface area contributed by atoms with Crippen LogP contribution in [0.2, 0.25) is 0 Å². The van der Waals surface area contributed by atoms with Crippen molar-refractivity contribution in [2.45, 2.75) is 32.0 Å². The van der Waals surface area contributed by atoms with Crippen molar-refractivity contribution in [3.8, 4) is 0 Å². The molecule has 0 saturated heterocycles. The lowest BCUT2D eigenvalue weighted by Crippen LogP contribution is -2.22. The van der Waals surface area contributed by atoms with Crippen molar-refractivity contribution in [2.75, 3.05) is 27.3 Å². The van der Waals surface area contributed by atoms with Gasteiger partial charge in [-0.25, -0.2) is 0 Å². The Morgan fingerprint density at radius 1 is 1.22 bits per heavy atom. The van der Waals surface area contributed by atoms with Crippen molar-refractivity contribution in [3.63, 3.8) is 0 Å². The van der Waals surface area contributed by atoms with E-state index in [0.29, 0.717) is 0 Å². The molecule has 18 heavy (non-hydrogen) atoms. The summed E-state index contributed by atoms with van der Waals surface area (Å²) in [6.45, 7) is 3.76. The van der Waals surface area contributed by atoms with Crippen LogP contribution < -0.4 is 5.32 Å². The Morgan fingerprint density at radius 2 is 1.89 bits per heavy atom. The molecule has 100 valence electrons. The molecule has 2 rings (SSSR count). The Labute approximate surface area is 110 Å². The predicted molar refractivity (Wildman–Crippen MR) is 74.5 cm³/mol. The lowest BCUT2D eigenvalue weighted by Gasteiger charge is -2.16. The van der Waals surface area contributed by atoms with E-state index < -0.39 is 0 Å². The van der Waals surface area contributed by atoms with Crippen LogP contribution in [0, 0.1) is 0 Å². The van der Waals surface area contributed by atoms with Gasteiger partial charge in [-0.3, -0.25) is 4.90 Å². The summed E-state index contributed by atoms with van der Waals surface area (Å²) in [5, 5.41) is 3.53. The van der Waals surface area contributed by atoms with E-state index in [1.165, 1.54) is 24.0 Å². The van der Waals surface area contributed by atoms with Gasteiger partial charge in [0, 0.05) is 32.8 Å². The van der Waals surface area contributed by atoms with Gasteiger partial charge in [0.15, 0.2) is 0 Å². The SMILES string of the molecule is COCCN(C)Cc1ccc(CNC2CC2)cc1. The first-order chi connectivity index (χ1) is 8.78. The van der Waals surface area contributed by atoms with Gasteiger partial charge in [0.2, 0.25) is 0 Å². The van der Waals surface area contributed by atoms with Crippen LogP contribution in [0.15, 0.2) is 24.3 Å². The number of rotatable bonds is 8. The molecule has 3 nitrogen and oxygen atoms in total. The zero-order valence-corrected chi connectivity index (χ0v) is 11.5. The van der Waals surface area contributed by atoms with E-state index in [0.717, 1.165) is 32.3 Å².